The number of nitrogens with one attached hydrogen (secondary N) is 9. The fourth-order valence-corrected chi connectivity index (χ4v) is 7.11. The minimum absolute atomic E-state index is 0.0100. The van der Waals surface area contributed by atoms with Crippen LogP contribution in [-0.4, -0.2) is 184 Å². The van der Waals surface area contributed by atoms with Crippen molar-refractivity contribution >= 4 is 64.9 Å². The summed E-state index contributed by atoms with van der Waals surface area (Å²) < 4.78 is 15.2. The van der Waals surface area contributed by atoms with E-state index < -0.39 is 139 Å². The van der Waals surface area contributed by atoms with Gasteiger partial charge in [0.05, 0.1) is 31.6 Å². The Labute approximate surface area is 420 Å². The van der Waals surface area contributed by atoms with Gasteiger partial charge in [-0.05, 0) is 77.9 Å². The summed E-state index contributed by atoms with van der Waals surface area (Å²) in [6.07, 6.45) is 1.80. The van der Waals surface area contributed by atoms with Crippen molar-refractivity contribution in [1.82, 2.24) is 52.1 Å². The first kappa shape index (κ1) is 62.1. The molecule has 1 aromatic rings. The second-order valence-corrected chi connectivity index (χ2v) is 17.0. The Balaban J connectivity index is 2.28. The number of nitrogens with zero attached hydrogens (tertiary/aromatic N) is 3. The number of aliphatic hydroxyl groups is 1. The molecular formula is C43H73FN18O11. The zero-order valence-electron chi connectivity index (χ0n) is 40.8. The van der Waals surface area contributed by atoms with Crippen molar-refractivity contribution in [1.29, 1.82) is 5.41 Å². The zero-order chi connectivity index (χ0) is 54.6. The fraction of sp³-hybridized carbons (Fsp3) is 0.628. The molecule has 0 saturated carbocycles. The maximum absolute atomic E-state index is 15.2. The standard InChI is InChI=1S/C43H73FN18O11/c1-23(56-40(70)34(32(63)18-48)61-36(66)26(49)8-2-4-12-45)35(65)54-20-33(64)57-28(10-6-14-47)41(71)62-21-24(44)16-31(62)39(69)60-30(17-25-19-52-22-55-25)38(68)58-27(9-3-5-13-46)37(67)59-29(42(72)73)11-7-15-53-43(50)51/h11,19,22-24,26-27,30-32,34,63H,2-10,12-18,20-21,45-49H2,1H3,(H,52,55)(H,54,65)(H,56,70)(H,58,68)(H,59,67)(H,60,69)(H,61,66)(H,72,73)(H4,50,51,53)/b29-11-,57-28+/t23-,24-,26-,27-,30-,31-,32-,34-/m0/s1. The number of hydrogen-bond acceptors (Lipinski definition) is 17. The number of aromatic nitrogens is 2. The van der Waals surface area contributed by atoms with Crippen molar-refractivity contribution in [3.63, 3.8) is 0 Å². The number of aliphatic hydroxyl groups excluding tert-OH is 1. The lowest BCUT2D eigenvalue weighted by molar-refractivity contribution is -0.137. The maximum atomic E-state index is 15.2. The maximum Gasteiger partial charge on any atom is 0.352 e. The number of imidazole rings is 1. The van der Waals surface area contributed by atoms with Crippen LogP contribution in [0, 0.1) is 5.41 Å². The molecule has 73 heavy (non-hydrogen) atoms. The molecule has 8 atom stereocenters. The summed E-state index contributed by atoms with van der Waals surface area (Å²) >= 11 is 0. The number of nitrogens with two attached hydrogens (primary N) is 6. The molecule has 1 aliphatic heterocycles. The molecule has 0 spiro atoms. The van der Waals surface area contributed by atoms with E-state index in [-0.39, 0.29) is 64.1 Å². The highest BCUT2D eigenvalue weighted by Gasteiger charge is 2.42. The molecule has 23 N–H and O–H groups in total. The normalized spacial score (nSPS) is 17.2. The molecule has 0 aromatic carbocycles. The molecule has 1 aliphatic rings. The number of halogens is 1. The molecule has 1 fully saturated rings. The molecule has 0 bridgehead atoms. The van der Waals surface area contributed by atoms with E-state index in [2.05, 4.69) is 52.2 Å². The minimum Gasteiger partial charge on any atom is -0.477 e. The van der Waals surface area contributed by atoms with Gasteiger partial charge in [-0.2, -0.15) is 0 Å². The van der Waals surface area contributed by atoms with E-state index in [0.29, 0.717) is 37.9 Å². The minimum atomic E-state index is -1.75. The molecule has 29 nitrogen and oxygen atoms in total. The highest BCUT2D eigenvalue weighted by molar-refractivity contribution is 6.40. The molecule has 8 amide bonds. The van der Waals surface area contributed by atoms with Crippen molar-refractivity contribution in [3.8, 4) is 0 Å². The van der Waals surface area contributed by atoms with Gasteiger partial charge in [0.15, 0.2) is 5.96 Å². The number of carbonyl (C=O) groups excluding carboxylic acids is 8. The Morgan fingerprint density at radius 1 is 0.890 bits per heavy atom. The van der Waals surface area contributed by atoms with Crippen molar-refractivity contribution in [2.24, 2.45) is 39.4 Å². The highest BCUT2D eigenvalue weighted by atomic mass is 19.1. The van der Waals surface area contributed by atoms with Gasteiger partial charge in [-0.3, -0.25) is 43.8 Å². The van der Waals surface area contributed by atoms with E-state index in [9.17, 15) is 53.4 Å². The molecular weight excluding hydrogens is 964 g/mol. The molecule has 0 radical (unpaired) electrons. The molecule has 0 unspecified atom stereocenters. The van der Waals surface area contributed by atoms with Crippen molar-refractivity contribution in [2.45, 2.75) is 126 Å². The predicted molar refractivity (Wildman–Crippen MR) is 262 cm³/mol. The van der Waals surface area contributed by atoms with Gasteiger partial charge in [0, 0.05) is 37.8 Å². The molecule has 2 heterocycles. The Bertz CT molecular complexity index is 2090. The topological polar surface area (TPSA) is 503 Å². The number of rotatable bonds is 33. The van der Waals surface area contributed by atoms with Crippen LogP contribution in [0.5, 0.6) is 0 Å². The van der Waals surface area contributed by atoms with E-state index in [1.54, 1.807) is 0 Å². The fourth-order valence-electron chi connectivity index (χ4n) is 7.11. The Hall–Kier alpha value is -6.99. The van der Waals surface area contributed by atoms with Crippen LogP contribution in [0.2, 0.25) is 0 Å². The summed E-state index contributed by atoms with van der Waals surface area (Å²) in [6.45, 7) is 0.0921. The van der Waals surface area contributed by atoms with Gasteiger partial charge in [0.1, 0.15) is 47.8 Å². The summed E-state index contributed by atoms with van der Waals surface area (Å²) in [5, 5.41) is 44.2. The third kappa shape index (κ3) is 22.1. The van der Waals surface area contributed by atoms with Crippen LogP contribution in [0.25, 0.3) is 0 Å². The lowest BCUT2D eigenvalue weighted by atomic mass is 10.1. The van der Waals surface area contributed by atoms with Gasteiger partial charge in [-0.25, -0.2) is 19.2 Å². The molecule has 30 heteroatoms. The molecule has 1 saturated heterocycles. The summed E-state index contributed by atoms with van der Waals surface area (Å²) in [6, 6.07) is -8.38. The number of aromatic amines is 1. The quantitative estimate of drug-likeness (QED) is 0.0135. The number of aliphatic carboxylic acids is 1. The van der Waals surface area contributed by atoms with Gasteiger partial charge in [0.25, 0.3) is 11.8 Å². The van der Waals surface area contributed by atoms with Gasteiger partial charge in [-0.15, -0.1) is 0 Å². The monoisotopic (exact) mass is 1040 g/mol. The number of H-pyrrole nitrogens is 1. The first-order chi connectivity index (χ1) is 34.7. The van der Waals surface area contributed by atoms with Crippen LogP contribution in [0.15, 0.2) is 29.3 Å². The number of amides is 8. The Kier molecular flexibility index (Phi) is 28.0. The van der Waals surface area contributed by atoms with Crippen LogP contribution in [0.3, 0.4) is 0 Å². The van der Waals surface area contributed by atoms with Crippen molar-refractivity contribution in [3.05, 3.63) is 30.0 Å². The molecule has 1 aromatic heterocycles. The van der Waals surface area contributed by atoms with Crippen LogP contribution in [0.1, 0.15) is 76.8 Å². The molecule has 408 valence electrons. The number of aliphatic imine (C=N–C) groups is 1. The van der Waals surface area contributed by atoms with E-state index in [0.717, 1.165) is 4.90 Å². The first-order valence-corrected chi connectivity index (χ1v) is 23.8. The van der Waals surface area contributed by atoms with Crippen LogP contribution < -0.4 is 71.6 Å². The predicted octanol–water partition coefficient (Wildman–Crippen LogP) is -6.46. The molecule has 2 rings (SSSR count). The van der Waals surface area contributed by atoms with Crippen LogP contribution >= 0.6 is 0 Å². The van der Waals surface area contributed by atoms with E-state index in [1.807, 2.05) is 0 Å². The number of likely N-dealkylation sites (tertiary alicyclic amines) is 1. The summed E-state index contributed by atoms with van der Waals surface area (Å²) in [5.74, 6) is -9.42. The Morgan fingerprint density at radius 2 is 1.56 bits per heavy atom. The number of carboxylic acids is 1. The number of carbonyl (C=O) groups is 9. The van der Waals surface area contributed by atoms with E-state index in [4.69, 9.17) is 39.8 Å². The van der Waals surface area contributed by atoms with Gasteiger partial charge in [0.2, 0.25) is 35.4 Å². The van der Waals surface area contributed by atoms with Gasteiger partial charge in [-0.1, -0.05) is 12.5 Å². The van der Waals surface area contributed by atoms with Gasteiger partial charge < -0.3 is 91.7 Å². The number of alkyl halides is 1. The first-order valence-electron chi connectivity index (χ1n) is 23.8. The molecule has 0 aliphatic carbocycles. The second kappa shape index (κ2) is 32.9. The lowest BCUT2D eigenvalue weighted by Crippen LogP contribution is -2.60. The second-order valence-electron chi connectivity index (χ2n) is 17.0. The zero-order valence-corrected chi connectivity index (χ0v) is 40.8. The number of carboxylic acid groups (broad SMARTS) is 1. The average Bonchev–Trinajstić information content (AvgIpc) is 4.02. The largest absolute Gasteiger partial charge is 0.477 e. The average molecular weight is 1040 g/mol. The SMILES string of the molecule is C[C@H](NC(=O)[C@@H](NC(=O)[C@@H](N)CCCCN)[C@@H](O)CN)C(=O)NCC(=O)/N=C(\CCCN)C(=O)N1C[C@@H](F)C[C@H]1C(=O)N[C@@H](Cc1cnc[nH]1)C(=O)N[C@@H](CCCCN)C(=O)N/C(=C\CCNC(=N)N)C(=O)O. The van der Waals surface area contributed by atoms with Crippen molar-refractivity contribution in [2.75, 3.05) is 45.8 Å². The number of guanidine groups is 1. The van der Waals surface area contributed by atoms with Crippen LogP contribution in [-0.2, 0) is 49.6 Å². The smallest absolute Gasteiger partial charge is 0.352 e. The van der Waals surface area contributed by atoms with E-state index >= 15 is 4.39 Å². The van der Waals surface area contributed by atoms with E-state index in [1.165, 1.54) is 25.5 Å². The number of hydrogen-bond donors (Lipinski definition) is 17. The summed E-state index contributed by atoms with van der Waals surface area (Å²) in [4.78, 5) is 131. The lowest BCUT2D eigenvalue weighted by Gasteiger charge is -2.27. The highest BCUT2D eigenvalue weighted by Crippen LogP contribution is 2.22. The summed E-state index contributed by atoms with van der Waals surface area (Å²) in [5.41, 5.74) is 32.9. The summed E-state index contributed by atoms with van der Waals surface area (Å²) in [7, 11) is 0. The van der Waals surface area contributed by atoms with Crippen molar-refractivity contribution < 1.29 is 57.8 Å². The number of unbranched alkanes of at least 4 members (excludes halogenated alkanes) is 2. The third-order valence-corrected chi connectivity index (χ3v) is 11.1. The van der Waals surface area contributed by atoms with Gasteiger partial charge >= 0.3 is 5.97 Å². The van der Waals surface area contributed by atoms with Crippen LogP contribution in [0.4, 0.5) is 4.39 Å². The Morgan fingerprint density at radius 3 is 2.16 bits per heavy atom. The third-order valence-electron chi connectivity index (χ3n) is 11.1.